The number of hydrogen-bond acceptors (Lipinski definition) is 3. The third-order valence-electron chi connectivity index (χ3n) is 2.76. The van der Waals surface area contributed by atoms with Gasteiger partial charge < -0.3 is 10.4 Å². The van der Waals surface area contributed by atoms with E-state index in [2.05, 4.69) is 5.32 Å². The molecule has 1 aromatic heterocycles. The van der Waals surface area contributed by atoms with Gasteiger partial charge in [0.25, 0.3) is 0 Å². The van der Waals surface area contributed by atoms with Crippen LogP contribution in [0.25, 0.3) is 0 Å². The Morgan fingerprint density at radius 3 is 2.78 bits per heavy atom. The molecule has 0 bridgehead atoms. The third-order valence-corrected chi connectivity index (χ3v) is 3.49. The number of anilines is 1. The topological polar surface area (TPSA) is 49.3 Å². The van der Waals surface area contributed by atoms with Crippen molar-refractivity contribution >= 4 is 22.9 Å². The summed E-state index contributed by atoms with van der Waals surface area (Å²) in [5.41, 5.74) is 3.39. The van der Waals surface area contributed by atoms with Crippen molar-refractivity contribution in [1.29, 1.82) is 0 Å². The van der Waals surface area contributed by atoms with E-state index in [4.69, 9.17) is 0 Å². The van der Waals surface area contributed by atoms with E-state index < -0.39 is 0 Å². The lowest BCUT2D eigenvalue weighted by Crippen LogP contribution is -2.14. The number of hydrogen-bond donors (Lipinski definition) is 2. The number of aryl methyl sites for hydroxylation is 2. The molecule has 0 unspecified atom stereocenters. The highest BCUT2D eigenvalue weighted by atomic mass is 32.1. The number of carbonyl (C=O) groups is 1. The van der Waals surface area contributed by atoms with Crippen LogP contribution < -0.4 is 5.32 Å². The lowest BCUT2D eigenvalue weighted by atomic mass is 10.1. The van der Waals surface area contributed by atoms with E-state index in [0.717, 1.165) is 22.4 Å². The van der Waals surface area contributed by atoms with E-state index in [0.29, 0.717) is 6.42 Å². The second-order valence-electron chi connectivity index (χ2n) is 4.31. The van der Waals surface area contributed by atoms with Crippen molar-refractivity contribution in [2.45, 2.75) is 20.3 Å². The fourth-order valence-electron chi connectivity index (χ4n) is 1.71. The first-order valence-electron chi connectivity index (χ1n) is 5.67. The summed E-state index contributed by atoms with van der Waals surface area (Å²) in [5.74, 6) is 0.213. The maximum Gasteiger partial charge on any atom is 0.228 e. The van der Waals surface area contributed by atoms with E-state index >= 15 is 0 Å². The largest absolute Gasteiger partial charge is 0.508 e. The molecule has 0 spiro atoms. The lowest BCUT2D eigenvalue weighted by molar-refractivity contribution is -0.115. The summed E-state index contributed by atoms with van der Waals surface area (Å²) in [6.07, 6.45) is 0.378. The Balaban J connectivity index is 2.09. The minimum absolute atomic E-state index is 0.0402. The van der Waals surface area contributed by atoms with Gasteiger partial charge in [-0.05, 0) is 59.5 Å². The van der Waals surface area contributed by atoms with Gasteiger partial charge in [-0.3, -0.25) is 4.79 Å². The average Bonchev–Trinajstić information content (AvgIpc) is 2.78. The first-order chi connectivity index (χ1) is 8.56. The van der Waals surface area contributed by atoms with E-state index in [9.17, 15) is 9.90 Å². The van der Waals surface area contributed by atoms with Gasteiger partial charge in [0.1, 0.15) is 5.75 Å². The molecule has 1 heterocycles. The van der Waals surface area contributed by atoms with Crippen LogP contribution in [0, 0.1) is 13.8 Å². The number of carbonyl (C=O) groups excluding carboxylic acids is 1. The van der Waals surface area contributed by atoms with Crippen molar-refractivity contribution in [3.63, 3.8) is 0 Å². The zero-order valence-corrected chi connectivity index (χ0v) is 11.2. The van der Waals surface area contributed by atoms with Crippen LogP contribution in [-0.4, -0.2) is 11.0 Å². The quantitative estimate of drug-likeness (QED) is 0.833. The summed E-state index contributed by atoms with van der Waals surface area (Å²) in [7, 11) is 0. The molecule has 3 nitrogen and oxygen atoms in total. The smallest absolute Gasteiger partial charge is 0.228 e. The fraction of sp³-hybridized carbons (Fsp3) is 0.214. The molecule has 0 saturated carbocycles. The van der Waals surface area contributed by atoms with Gasteiger partial charge in [-0.15, -0.1) is 0 Å². The standard InChI is InChI=1S/C14H15NO2S/c1-9-6-13(16)10(2)5-12(9)15-14(17)7-11-3-4-18-8-11/h3-6,8,16H,7H2,1-2H3,(H,15,17). The summed E-state index contributed by atoms with van der Waals surface area (Å²) in [6, 6.07) is 5.39. The van der Waals surface area contributed by atoms with Gasteiger partial charge in [0.05, 0.1) is 6.42 Å². The highest BCUT2D eigenvalue weighted by Gasteiger charge is 2.08. The van der Waals surface area contributed by atoms with Crippen LogP contribution in [0.5, 0.6) is 5.75 Å². The maximum absolute atomic E-state index is 11.9. The molecule has 2 N–H and O–H groups in total. The summed E-state index contributed by atoms with van der Waals surface area (Å²) >= 11 is 1.58. The van der Waals surface area contributed by atoms with Crippen LogP contribution in [0.15, 0.2) is 29.0 Å². The highest BCUT2D eigenvalue weighted by molar-refractivity contribution is 7.08. The molecule has 2 rings (SSSR count). The lowest BCUT2D eigenvalue weighted by Gasteiger charge is -2.10. The van der Waals surface area contributed by atoms with Crippen LogP contribution in [-0.2, 0) is 11.2 Å². The van der Waals surface area contributed by atoms with Gasteiger partial charge >= 0.3 is 0 Å². The molecule has 0 radical (unpaired) electrons. The number of nitrogens with one attached hydrogen (secondary N) is 1. The average molecular weight is 261 g/mol. The number of rotatable bonds is 3. The molecule has 1 amide bonds. The molecular weight excluding hydrogens is 246 g/mol. The van der Waals surface area contributed by atoms with Crippen LogP contribution >= 0.6 is 11.3 Å². The van der Waals surface area contributed by atoms with Crippen LogP contribution in [0.1, 0.15) is 16.7 Å². The first kappa shape index (κ1) is 12.6. The van der Waals surface area contributed by atoms with Gasteiger partial charge in [-0.2, -0.15) is 11.3 Å². The number of amides is 1. The summed E-state index contributed by atoms with van der Waals surface area (Å²) in [4.78, 5) is 11.9. The maximum atomic E-state index is 11.9. The van der Waals surface area contributed by atoms with Crippen molar-refractivity contribution in [3.05, 3.63) is 45.6 Å². The van der Waals surface area contributed by atoms with Gasteiger partial charge in [0, 0.05) is 5.69 Å². The molecular formula is C14H15NO2S. The van der Waals surface area contributed by atoms with Crippen LogP contribution in [0.2, 0.25) is 0 Å². The Labute approximate surface area is 110 Å². The predicted molar refractivity (Wildman–Crippen MR) is 74.2 cm³/mol. The van der Waals surface area contributed by atoms with E-state index in [-0.39, 0.29) is 11.7 Å². The predicted octanol–water partition coefficient (Wildman–Crippen LogP) is 3.25. The SMILES string of the molecule is Cc1cc(NC(=O)Cc2ccsc2)c(C)cc1O. The summed E-state index contributed by atoms with van der Waals surface area (Å²) < 4.78 is 0. The van der Waals surface area contributed by atoms with Gasteiger partial charge in [-0.1, -0.05) is 0 Å². The zero-order chi connectivity index (χ0) is 13.1. The molecule has 0 aliphatic heterocycles. The normalized spacial score (nSPS) is 10.3. The molecule has 0 saturated heterocycles. The van der Waals surface area contributed by atoms with Gasteiger partial charge in [-0.25, -0.2) is 0 Å². The Hall–Kier alpha value is -1.81. The molecule has 18 heavy (non-hydrogen) atoms. The van der Waals surface area contributed by atoms with Crippen molar-refractivity contribution in [3.8, 4) is 5.75 Å². The van der Waals surface area contributed by atoms with Crippen LogP contribution in [0.3, 0.4) is 0 Å². The Bertz CT molecular complexity index is 561. The van der Waals surface area contributed by atoms with Gasteiger partial charge in [0.15, 0.2) is 0 Å². The highest BCUT2D eigenvalue weighted by Crippen LogP contribution is 2.25. The molecule has 94 valence electrons. The van der Waals surface area contributed by atoms with Crippen molar-refractivity contribution < 1.29 is 9.90 Å². The fourth-order valence-corrected chi connectivity index (χ4v) is 2.38. The van der Waals surface area contributed by atoms with Gasteiger partial charge in [0.2, 0.25) is 5.91 Å². The van der Waals surface area contributed by atoms with E-state index in [1.54, 1.807) is 23.5 Å². The number of benzene rings is 1. The Morgan fingerprint density at radius 1 is 1.33 bits per heavy atom. The summed E-state index contributed by atoms with van der Waals surface area (Å²) in [6.45, 7) is 3.67. The molecule has 1 aromatic carbocycles. The second-order valence-corrected chi connectivity index (χ2v) is 5.09. The van der Waals surface area contributed by atoms with E-state index in [1.165, 1.54) is 0 Å². The van der Waals surface area contributed by atoms with Crippen molar-refractivity contribution in [2.75, 3.05) is 5.32 Å². The van der Waals surface area contributed by atoms with Crippen LogP contribution in [0.4, 0.5) is 5.69 Å². The molecule has 4 heteroatoms. The molecule has 0 atom stereocenters. The minimum atomic E-state index is -0.0402. The Morgan fingerprint density at radius 2 is 2.11 bits per heavy atom. The summed E-state index contributed by atoms with van der Waals surface area (Å²) in [5, 5.41) is 16.3. The molecule has 0 fully saturated rings. The van der Waals surface area contributed by atoms with E-state index in [1.807, 2.05) is 30.7 Å². The van der Waals surface area contributed by atoms with Crippen molar-refractivity contribution in [1.82, 2.24) is 0 Å². The third kappa shape index (κ3) is 2.90. The first-order valence-corrected chi connectivity index (χ1v) is 6.61. The zero-order valence-electron chi connectivity index (χ0n) is 10.4. The number of phenolic OH excluding ortho intramolecular Hbond substituents is 1. The number of phenols is 1. The molecule has 0 aliphatic carbocycles. The second kappa shape index (κ2) is 5.23. The monoisotopic (exact) mass is 261 g/mol. The minimum Gasteiger partial charge on any atom is -0.508 e. The number of thiophene rings is 1. The number of aromatic hydroxyl groups is 1. The molecule has 0 aliphatic rings. The Kier molecular flexibility index (Phi) is 3.67. The van der Waals surface area contributed by atoms with Crippen molar-refractivity contribution in [2.24, 2.45) is 0 Å². The molecule has 2 aromatic rings.